The quantitative estimate of drug-likeness (QED) is 0.747. The number of hydrogen-bond acceptors (Lipinski definition) is 2. The molecule has 1 fully saturated rings. The third-order valence-corrected chi connectivity index (χ3v) is 5.68. The Bertz CT molecular complexity index is 861. The molecule has 4 heteroatoms. The summed E-state index contributed by atoms with van der Waals surface area (Å²) in [7, 11) is 0. The Morgan fingerprint density at radius 2 is 1.70 bits per heavy atom. The minimum atomic E-state index is 0.114. The minimum absolute atomic E-state index is 0.114. The zero-order valence-electron chi connectivity index (χ0n) is 15.9. The number of para-hydroxylation sites is 1. The summed E-state index contributed by atoms with van der Waals surface area (Å²) in [6.07, 6.45) is 2.26. The summed E-state index contributed by atoms with van der Waals surface area (Å²) in [6, 6.07) is 21.2. The summed E-state index contributed by atoms with van der Waals surface area (Å²) in [6.45, 7) is 5.79. The van der Waals surface area contributed by atoms with Gasteiger partial charge in [-0.2, -0.15) is 0 Å². The van der Waals surface area contributed by atoms with Gasteiger partial charge in [-0.25, -0.2) is 0 Å². The topological polar surface area (TPSA) is 39.3 Å². The molecule has 0 bridgehead atoms. The van der Waals surface area contributed by atoms with E-state index in [1.54, 1.807) is 0 Å². The number of rotatable bonds is 5. The van der Waals surface area contributed by atoms with Gasteiger partial charge in [0, 0.05) is 43.1 Å². The van der Waals surface area contributed by atoms with E-state index < -0.39 is 0 Å². The van der Waals surface area contributed by atoms with Gasteiger partial charge in [-0.3, -0.25) is 9.69 Å². The maximum absolute atomic E-state index is 12.8. The van der Waals surface area contributed by atoms with Gasteiger partial charge in [-0.05, 0) is 37.5 Å². The third kappa shape index (κ3) is 4.06. The van der Waals surface area contributed by atoms with Gasteiger partial charge in [0.05, 0.1) is 0 Å². The Balaban J connectivity index is 1.30. The molecule has 1 aromatic heterocycles. The van der Waals surface area contributed by atoms with E-state index >= 15 is 0 Å². The molecule has 140 valence electrons. The monoisotopic (exact) mass is 361 g/mol. The number of carbonyl (C=O) groups excluding carboxylic acids is 1. The number of aromatic nitrogens is 1. The number of hydrogen-bond donors (Lipinski definition) is 1. The lowest BCUT2D eigenvalue weighted by Crippen LogP contribution is -2.51. The van der Waals surface area contributed by atoms with Crippen molar-refractivity contribution in [2.75, 3.05) is 26.2 Å². The second-order valence-corrected chi connectivity index (χ2v) is 7.47. The first-order valence-electron chi connectivity index (χ1n) is 9.86. The molecule has 2 aromatic carbocycles. The number of aromatic amines is 1. The molecule has 1 saturated heterocycles. The van der Waals surface area contributed by atoms with Crippen molar-refractivity contribution in [1.29, 1.82) is 0 Å². The predicted octanol–water partition coefficient (Wildman–Crippen LogP) is 3.95. The highest BCUT2D eigenvalue weighted by Gasteiger charge is 2.25. The van der Waals surface area contributed by atoms with Crippen LogP contribution < -0.4 is 0 Å². The molecule has 1 aliphatic heterocycles. The average molecular weight is 361 g/mol. The lowest BCUT2D eigenvalue weighted by Gasteiger charge is -2.38. The van der Waals surface area contributed by atoms with Crippen LogP contribution in [-0.4, -0.2) is 52.9 Å². The van der Waals surface area contributed by atoms with E-state index in [1.165, 1.54) is 5.56 Å². The van der Waals surface area contributed by atoms with Gasteiger partial charge in [0.15, 0.2) is 0 Å². The lowest BCUT2D eigenvalue weighted by molar-refractivity contribution is 0.0571. The van der Waals surface area contributed by atoms with Crippen LogP contribution >= 0.6 is 0 Å². The van der Waals surface area contributed by atoms with Crippen molar-refractivity contribution in [2.24, 2.45) is 0 Å². The number of carbonyl (C=O) groups is 1. The van der Waals surface area contributed by atoms with E-state index in [0.717, 1.165) is 49.9 Å². The van der Waals surface area contributed by atoms with Crippen LogP contribution in [0.2, 0.25) is 0 Å². The molecule has 0 spiro atoms. The highest BCUT2D eigenvalue weighted by atomic mass is 16.2. The largest absolute Gasteiger partial charge is 0.351 e. The van der Waals surface area contributed by atoms with Crippen molar-refractivity contribution in [3.63, 3.8) is 0 Å². The van der Waals surface area contributed by atoms with Crippen molar-refractivity contribution in [3.05, 3.63) is 71.9 Å². The summed E-state index contributed by atoms with van der Waals surface area (Å²) < 4.78 is 0. The molecule has 2 heterocycles. The van der Waals surface area contributed by atoms with Crippen LogP contribution in [0.15, 0.2) is 60.7 Å². The molecule has 0 saturated carbocycles. The van der Waals surface area contributed by atoms with Gasteiger partial charge in [0.25, 0.3) is 5.91 Å². The average Bonchev–Trinajstić information content (AvgIpc) is 3.16. The molecule has 27 heavy (non-hydrogen) atoms. The summed E-state index contributed by atoms with van der Waals surface area (Å²) >= 11 is 0. The predicted molar refractivity (Wildman–Crippen MR) is 110 cm³/mol. The van der Waals surface area contributed by atoms with Crippen LogP contribution in [0.25, 0.3) is 10.9 Å². The number of aryl methyl sites for hydroxylation is 1. The Hall–Kier alpha value is -2.59. The Labute approximate surface area is 160 Å². The Kier molecular flexibility index (Phi) is 5.26. The smallest absolute Gasteiger partial charge is 0.270 e. The van der Waals surface area contributed by atoms with Crippen molar-refractivity contribution < 1.29 is 4.79 Å². The first kappa shape index (κ1) is 17.8. The second kappa shape index (κ2) is 7.97. The first-order chi connectivity index (χ1) is 13.2. The fraction of sp³-hybridized carbons (Fsp3) is 0.348. The van der Waals surface area contributed by atoms with Gasteiger partial charge in [-0.15, -0.1) is 0 Å². The maximum Gasteiger partial charge on any atom is 0.270 e. The molecule has 4 rings (SSSR count). The highest BCUT2D eigenvalue weighted by molar-refractivity contribution is 5.98. The fourth-order valence-corrected chi connectivity index (χ4v) is 3.93. The number of amides is 1. The van der Waals surface area contributed by atoms with Gasteiger partial charge >= 0.3 is 0 Å². The van der Waals surface area contributed by atoms with Crippen molar-refractivity contribution in [2.45, 2.75) is 25.8 Å². The number of benzene rings is 2. The van der Waals surface area contributed by atoms with E-state index in [0.29, 0.717) is 11.7 Å². The minimum Gasteiger partial charge on any atom is -0.351 e. The molecule has 1 aliphatic rings. The molecule has 0 aliphatic carbocycles. The van der Waals surface area contributed by atoms with Crippen molar-refractivity contribution in [3.8, 4) is 0 Å². The van der Waals surface area contributed by atoms with Crippen LogP contribution in [0, 0.1) is 0 Å². The van der Waals surface area contributed by atoms with E-state index in [9.17, 15) is 4.79 Å². The number of H-pyrrole nitrogens is 1. The first-order valence-corrected chi connectivity index (χ1v) is 9.86. The number of nitrogens with zero attached hydrogens (tertiary/aromatic N) is 2. The molecule has 1 N–H and O–H groups in total. The van der Waals surface area contributed by atoms with Crippen LogP contribution in [-0.2, 0) is 6.42 Å². The van der Waals surface area contributed by atoms with Gasteiger partial charge in [-0.1, -0.05) is 48.5 Å². The normalized spacial score (nSPS) is 16.6. The molecule has 1 unspecified atom stereocenters. The van der Waals surface area contributed by atoms with E-state index in [4.69, 9.17) is 0 Å². The van der Waals surface area contributed by atoms with Gasteiger partial charge in [0.1, 0.15) is 5.69 Å². The molecule has 0 radical (unpaired) electrons. The molecular formula is C23H27N3O. The van der Waals surface area contributed by atoms with Crippen molar-refractivity contribution >= 4 is 16.8 Å². The van der Waals surface area contributed by atoms with Gasteiger partial charge in [0.2, 0.25) is 0 Å². The molecule has 4 nitrogen and oxygen atoms in total. The Morgan fingerprint density at radius 3 is 2.44 bits per heavy atom. The molecule has 1 atom stereocenters. The van der Waals surface area contributed by atoms with Crippen LogP contribution in [0.5, 0.6) is 0 Å². The molecule has 1 amide bonds. The zero-order chi connectivity index (χ0) is 18.6. The van der Waals surface area contributed by atoms with Crippen molar-refractivity contribution in [1.82, 2.24) is 14.8 Å². The van der Waals surface area contributed by atoms with Gasteiger partial charge < -0.3 is 9.88 Å². The number of nitrogens with one attached hydrogen (secondary N) is 1. The summed E-state index contributed by atoms with van der Waals surface area (Å²) in [5, 5.41) is 1.09. The standard InChI is InChI=1S/C23H27N3O/c1-18(11-12-19-7-3-2-4-8-19)25-13-15-26(16-14-25)23(27)22-17-20-9-5-6-10-21(20)24-22/h2-10,17-18,24H,11-16H2,1H3. The SMILES string of the molecule is CC(CCc1ccccc1)N1CCN(C(=O)c2cc3ccccc3[nH]2)CC1. The molecular weight excluding hydrogens is 334 g/mol. The number of fused-ring (bicyclic) bond motifs is 1. The second-order valence-electron chi connectivity index (χ2n) is 7.47. The molecule has 3 aromatic rings. The summed E-state index contributed by atoms with van der Waals surface area (Å²) in [4.78, 5) is 20.6. The summed E-state index contributed by atoms with van der Waals surface area (Å²) in [5.74, 6) is 0.114. The van der Waals surface area contributed by atoms with Crippen LogP contribution in [0.1, 0.15) is 29.4 Å². The van der Waals surface area contributed by atoms with Crippen LogP contribution in [0.4, 0.5) is 0 Å². The lowest BCUT2D eigenvalue weighted by atomic mass is 10.0. The van der Waals surface area contributed by atoms with E-state index in [-0.39, 0.29) is 5.91 Å². The maximum atomic E-state index is 12.8. The van der Waals surface area contributed by atoms with Crippen LogP contribution in [0.3, 0.4) is 0 Å². The zero-order valence-corrected chi connectivity index (χ0v) is 15.9. The Morgan fingerprint density at radius 1 is 1.00 bits per heavy atom. The number of piperazine rings is 1. The van der Waals surface area contributed by atoms with E-state index in [1.807, 2.05) is 35.2 Å². The third-order valence-electron chi connectivity index (χ3n) is 5.68. The summed E-state index contributed by atoms with van der Waals surface area (Å²) in [5.41, 5.74) is 3.12. The van der Waals surface area contributed by atoms with E-state index in [2.05, 4.69) is 47.1 Å². The highest BCUT2D eigenvalue weighted by Crippen LogP contribution is 2.18. The fourth-order valence-electron chi connectivity index (χ4n) is 3.93.